The van der Waals surface area contributed by atoms with Gasteiger partial charge in [-0.1, -0.05) is 6.07 Å². The summed E-state index contributed by atoms with van der Waals surface area (Å²) in [4.78, 5) is 1.46. The third-order valence-corrected chi connectivity index (χ3v) is 3.71. The molecule has 98 valence electrons. The Hall–Kier alpha value is -0.420. The summed E-state index contributed by atoms with van der Waals surface area (Å²) < 4.78 is 10.4. The van der Waals surface area contributed by atoms with Crippen molar-refractivity contribution in [2.24, 2.45) is 0 Å². The summed E-state index contributed by atoms with van der Waals surface area (Å²) in [6, 6.07) is 4.86. The topological polar surface area (TPSA) is 30.5 Å². The van der Waals surface area contributed by atoms with Crippen LogP contribution in [0.4, 0.5) is 0 Å². The van der Waals surface area contributed by atoms with E-state index in [0.717, 1.165) is 19.4 Å². The lowest BCUT2D eigenvalue weighted by molar-refractivity contribution is 0.0658. The van der Waals surface area contributed by atoms with E-state index in [2.05, 4.69) is 22.8 Å². The third kappa shape index (κ3) is 6.78. The fourth-order valence-electron chi connectivity index (χ4n) is 1.67. The van der Waals surface area contributed by atoms with Gasteiger partial charge in [-0.05, 0) is 37.8 Å². The minimum absolute atomic E-state index is 0.541. The molecule has 1 N–H and O–H groups in total. The second-order valence-corrected chi connectivity index (χ2v) is 5.03. The Bertz CT molecular complexity index is 264. The van der Waals surface area contributed by atoms with Gasteiger partial charge in [-0.3, -0.25) is 0 Å². The van der Waals surface area contributed by atoms with Crippen LogP contribution in [0.3, 0.4) is 0 Å². The lowest BCUT2D eigenvalue weighted by atomic mass is 10.1. The first-order chi connectivity index (χ1) is 8.36. The summed E-state index contributed by atoms with van der Waals surface area (Å²) in [6.45, 7) is 2.18. The SMILES string of the molecule is CNC(CCOCCOC)CCc1cccs1. The van der Waals surface area contributed by atoms with Crippen LogP contribution in [0.1, 0.15) is 17.7 Å². The molecule has 1 aromatic rings. The number of ether oxygens (including phenoxy) is 2. The number of rotatable bonds is 10. The van der Waals surface area contributed by atoms with Crippen LogP contribution in [0, 0.1) is 0 Å². The molecule has 0 aromatic carbocycles. The lowest BCUT2D eigenvalue weighted by Crippen LogP contribution is -2.27. The highest BCUT2D eigenvalue weighted by Gasteiger charge is 2.06. The van der Waals surface area contributed by atoms with Crippen molar-refractivity contribution in [1.82, 2.24) is 5.32 Å². The van der Waals surface area contributed by atoms with E-state index in [1.54, 1.807) is 7.11 Å². The van der Waals surface area contributed by atoms with Crippen LogP contribution in [0.25, 0.3) is 0 Å². The van der Waals surface area contributed by atoms with Crippen LogP contribution in [-0.4, -0.2) is 40.0 Å². The minimum atomic E-state index is 0.541. The standard InChI is InChI=1S/C13H23NO2S/c1-14-12(7-8-16-10-9-15-2)5-6-13-4-3-11-17-13/h3-4,11-12,14H,5-10H2,1-2H3. The highest BCUT2D eigenvalue weighted by atomic mass is 32.1. The molecule has 0 radical (unpaired) electrons. The first-order valence-corrected chi connectivity index (χ1v) is 7.01. The van der Waals surface area contributed by atoms with Gasteiger partial charge in [0, 0.05) is 24.6 Å². The molecule has 1 atom stereocenters. The zero-order valence-electron chi connectivity index (χ0n) is 10.8. The number of methoxy groups -OCH3 is 1. The van der Waals surface area contributed by atoms with Crippen LogP contribution in [0.5, 0.6) is 0 Å². The molecule has 1 heterocycles. The summed E-state index contributed by atoms with van der Waals surface area (Å²) >= 11 is 1.83. The maximum Gasteiger partial charge on any atom is 0.0700 e. The maximum absolute atomic E-state index is 5.48. The zero-order chi connectivity index (χ0) is 12.3. The molecule has 0 amide bonds. The van der Waals surface area contributed by atoms with E-state index in [4.69, 9.17) is 9.47 Å². The Morgan fingerprint density at radius 3 is 2.82 bits per heavy atom. The molecule has 1 rings (SSSR count). The Balaban J connectivity index is 2.07. The highest BCUT2D eigenvalue weighted by molar-refractivity contribution is 7.09. The lowest BCUT2D eigenvalue weighted by Gasteiger charge is -2.15. The first-order valence-electron chi connectivity index (χ1n) is 6.13. The largest absolute Gasteiger partial charge is 0.382 e. The molecule has 0 aliphatic rings. The molecule has 0 aliphatic carbocycles. The molecule has 0 spiro atoms. The predicted octanol–water partition coefficient (Wildman–Crippen LogP) is 2.32. The number of hydrogen-bond donors (Lipinski definition) is 1. The minimum Gasteiger partial charge on any atom is -0.382 e. The van der Waals surface area contributed by atoms with Crippen molar-refractivity contribution in [2.75, 3.05) is 34.0 Å². The molecule has 0 aliphatic heterocycles. The smallest absolute Gasteiger partial charge is 0.0700 e. The molecule has 0 saturated heterocycles. The molecule has 3 nitrogen and oxygen atoms in total. The van der Waals surface area contributed by atoms with Crippen molar-refractivity contribution >= 4 is 11.3 Å². The molecule has 0 bridgehead atoms. The van der Waals surface area contributed by atoms with Gasteiger partial charge in [-0.2, -0.15) is 0 Å². The second kappa shape index (κ2) is 9.59. The highest BCUT2D eigenvalue weighted by Crippen LogP contribution is 2.13. The average molecular weight is 257 g/mol. The van der Waals surface area contributed by atoms with E-state index in [1.807, 2.05) is 18.4 Å². The summed E-state index contributed by atoms with van der Waals surface area (Å²) in [5.74, 6) is 0. The Kier molecular flexibility index (Phi) is 8.26. The predicted molar refractivity (Wildman–Crippen MR) is 72.8 cm³/mol. The van der Waals surface area contributed by atoms with Crippen molar-refractivity contribution in [3.05, 3.63) is 22.4 Å². The Labute approximate surface area is 108 Å². The monoisotopic (exact) mass is 257 g/mol. The van der Waals surface area contributed by atoms with Crippen LogP contribution < -0.4 is 5.32 Å². The number of hydrogen-bond acceptors (Lipinski definition) is 4. The number of thiophene rings is 1. The van der Waals surface area contributed by atoms with Crippen molar-refractivity contribution in [3.63, 3.8) is 0 Å². The average Bonchev–Trinajstić information content (AvgIpc) is 2.86. The molecular formula is C13H23NO2S. The van der Waals surface area contributed by atoms with Crippen molar-refractivity contribution in [3.8, 4) is 0 Å². The second-order valence-electron chi connectivity index (χ2n) is 4.00. The van der Waals surface area contributed by atoms with Gasteiger partial charge in [0.05, 0.1) is 13.2 Å². The molecule has 4 heteroatoms. The zero-order valence-corrected chi connectivity index (χ0v) is 11.6. The van der Waals surface area contributed by atoms with Crippen LogP contribution in [0.2, 0.25) is 0 Å². The summed E-state index contributed by atoms with van der Waals surface area (Å²) in [6.07, 6.45) is 3.39. The normalized spacial score (nSPS) is 12.8. The van der Waals surface area contributed by atoms with Gasteiger partial charge in [0.25, 0.3) is 0 Å². The molecular weight excluding hydrogens is 234 g/mol. The molecule has 0 saturated carbocycles. The van der Waals surface area contributed by atoms with E-state index in [0.29, 0.717) is 19.3 Å². The van der Waals surface area contributed by atoms with Gasteiger partial charge in [0.2, 0.25) is 0 Å². The van der Waals surface area contributed by atoms with Gasteiger partial charge < -0.3 is 14.8 Å². The van der Waals surface area contributed by atoms with E-state index in [1.165, 1.54) is 11.3 Å². The Morgan fingerprint density at radius 1 is 1.29 bits per heavy atom. The summed E-state index contributed by atoms with van der Waals surface area (Å²) in [5.41, 5.74) is 0. The Morgan fingerprint density at radius 2 is 2.18 bits per heavy atom. The summed E-state index contributed by atoms with van der Waals surface area (Å²) in [5, 5.41) is 5.49. The van der Waals surface area contributed by atoms with Crippen molar-refractivity contribution in [1.29, 1.82) is 0 Å². The molecule has 17 heavy (non-hydrogen) atoms. The van der Waals surface area contributed by atoms with E-state index < -0.39 is 0 Å². The van der Waals surface area contributed by atoms with Crippen molar-refractivity contribution < 1.29 is 9.47 Å². The van der Waals surface area contributed by atoms with Gasteiger partial charge in [0.1, 0.15) is 0 Å². The number of nitrogens with one attached hydrogen (secondary N) is 1. The number of aryl methyl sites for hydroxylation is 1. The first kappa shape index (κ1) is 14.6. The fraction of sp³-hybridized carbons (Fsp3) is 0.692. The van der Waals surface area contributed by atoms with Gasteiger partial charge >= 0.3 is 0 Å². The molecule has 0 fully saturated rings. The van der Waals surface area contributed by atoms with Crippen molar-refractivity contribution in [2.45, 2.75) is 25.3 Å². The van der Waals surface area contributed by atoms with Gasteiger partial charge in [0.15, 0.2) is 0 Å². The molecule has 1 unspecified atom stereocenters. The third-order valence-electron chi connectivity index (χ3n) is 2.77. The van der Waals surface area contributed by atoms with Crippen LogP contribution >= 0.6 is 11.3 Å². The summed E-state index contributed by atoms with van der Waals surface area (Å²) in [7, 11) is 3.72. The quantitative estimate of drug-likeness (QED) is 0.653. The maximum atomic E-state index is 5.48. The van der Waals surface area contributed by atoms with E-state index in [9.17, 15) is 0 Å². The van der Waals surface area contributed by atoms with Gasteiger partial charge in [-0.25, -0.2) is 0 Å². The van der Waals surface area contributed by atoms with Gasteiger partial charge in [-0.15, -0.1) is 11.3 Å². The van der Waals surface area contributed by atoms with Crippen LogP contribution in [0.15, 0.2) is 17.5 Å². The van der Waals surface area contributed by atoms with Crippen LogP contribution in [-0.2, 0) is 15.9 Å². The van der Waals surface area contributed by atoms with E-state index >= 15 is 0 Å². The fourth-order valence-corrected chi connectivity index (χ4v) is 2.40. The van der Waals surface area contributed by atoms with E-state index in [-0.39, 0.29) is 0 Å². The molecule has 1 aromatic heterocycles.